The summed E-state index contributed by atoms with van der Waals surface area (Å²) in [6.07, 6.45) is 7.28. The first-order chi connectivity index (χ1) is 9.03. The second-order valence-electron chi connectivity index (χ2n) is 5.83. The van der Waals surface area contributed by atoms with Gasteiger partial charge in [-0.05, 0) is 31.9 Å². The van der Waals surface area contributed by atoms with Crippen LogP contribution in [0.3, 0.4) is 0 Å². The number of carbonyl (C=O) groups excluding carboxylic acids is 3. The van der Waals surface area contributed by atoms with E-state index in [4.69, 9.17) is 0 Å². The smallest absolute Gasteiger partial charge is 0.277 e. The first kappa shape index (κ1) is 13.0. The minimum atomic E-state index is -0.933. The minimum absolute atomic E-state index is 0.0122. The van der Waals surface area contributed by atoms with Gasteiger partial charge >= 0.3 is 6.03 Å². The molecule has 3 fully saturated rings. The van der Waals surface area contributed by atoms with Gasteiger partial charge in [0, 0.05) is 11.3 Å². The molecule has 0 aromatic carbocycles. The van der Waals surface area contributed by atoms with E-state index in [1.165, 1.54) is 4.90 Å². The molecule has 1 aliphatic heterocycles. The van der Waals surface area contributed by atoms with Gasteiger partial charge in [-0.3, -0.25) is 19.8 Å². The molecule has 0 radical (unpaired) electrons. The number of urea groups is 1. The van der Waals surface area contributed by atoms with E-state index in [9.17, 15) is 14.4 Å². The van der Waals surface area contributed by atoms with Crippen LogP contribution < -0.4 is 5.32 Å². The molecule has 19 heavy (non-hydrogen) atoms. The molecule has 1 N–H and O–H groups in total. The van der Waals surface area contributed by atoms with E-state index >= 15 is 0 Å². The highest BCUT2D eigenvalue weighted by atomic mass is 32.2. The highest BCUT2D eigenvalue weighted by molar-refractivity contribution is 8.00. The molecular formula is C13H18N2O3S. The number of rotatable bonds is 3. The van der Waals surface area contributed by atoms with Crippen molar-refractivity contribution in [2.45, 2.75) is 43.3 Å². The van der Waals surface area contributed by atoms with E-state index in [1.807, 2.05) is 6.26 Å². The quantitative estimate of drug-likeness (QED) is 0.797. The Balaban J connectivity index is 1.82. The lowest BCUT2D eigenvalue weighted by molar-refractivity contribution is -0.158. The van der Waals surface area contributed by atoms with Gasteiger partial charge in [-0.15, -0.1) is 0 Å². The van der Waals surface area contributed by atoms with E-state index in [2.05, 4.69) is 5.32 Å². The fourth-order valence-corrected chi connectivity index (χ4v) is 4.09. The summed E-state index contributed by atoms with van der Waals surface area (Å²) >= 11 is 1.72. The number of barbiturate groups is 1. The SMILES string of the molecule is CSC1(CN2C(=O)NC(=O)C3(CCC3)C2=O)CCC1. The Morgan fingerprint density at radius 1 is 1.16 bits per heavy atom. The Morgan fingerprint density at radius 3 is 2.21 bits per heavy atom. The average Bonchev–Trinajstić information content (AvgIpc) is 2.25. The number of hydrogen-bond acceptors (Lipinski definition) is 4. The van der Waals surface area contributed by atoms with Gasteiger partial charge in [-0.1, -0.05) is 12.8 Å². The molecule has 1 spiro atoms. The molecule has 0 atom stereocenters. The fourth-order valence-electron chi connectivity index (χ4n) is 3.13. The highest BCUT2D eigenvalue weighted by Crippen LogP contribution is 2.47. The molecule has 0 bridgehead atoms. The van der Waals surface area contributed by atoms with E-state index in [0.717, 1.165) is 25.7 Å². The van der Waals surface area contributed by atoms with Crippen LogP contribution in [-0.2, 0) is 9.59 Å². The van der Waals surface area contributed by atoms with Crippen molar-refractivity contribution in [2.24, 2.45) is 5.41 Å². The molecule has 6 heteroatoms. The third-order valence-corrected chi connectivity index (χ3v) is 6.31. The van der Waals surface area contributed by atoms with Crippen LogP contribution in [0.25, 0.3) is 0 Å². The number of amides is 4. The zero-order valence-corrected chi connectivity index (χ0v) is 11.8. The molecule has 3 aliphatic rings. The number of nitrogens with one attached hydrogen (secondary N) is 1. The molecule has 0 aromatic heterocycles. The Bertz CT molecular complexity index is 449. The Morgan fingerprint density at radius 2 is 1.79 bits per heavy atom. The predicted octanol–water partition coefficient (Wildman–Crippen LogP) is 1.52. The zero-order valence-electron chi connectivity index (χ0n) is 11.0. The molecule has 1 saturated heterocycles. The summed E-state index contributed by atoms with van der Waals surface area (Å²) < 4.78 is 0.0122. The van der Waals surface area contributed by atoms with Crippen LogP contribution >= 0.6 is 11.8 Å². The first-order valence-corrected chi connectivity index (χ1v) is 7.98. The number of carbonyl (C=O) groups is 3. The van der Waals surface area contributed by atoms with Crippen LogP contribution in [0.2, 0.25) is 0 Å². The maximum atomic E-state index is 12.5. The molecule has 2 aliphatic carbocycles. The normalized spacial score (nSPS) is 27.8. The summed E-state index contributed by atoms with van der Waals surface area (Å²) in [6.45, 7) is 0.438. The van der Waals surface area contributed by atoms with Gasteiger partial charge in [0.1, 0.15) is 5.41 Å². The maximum absolute atomic E-state index is 12.5. The van der Waals surface area contributed by atoms with Crippen LogP contribution in [0, 0.1) is 5.41 Å². The van der Waals surface area contributed by atoms with Crippen molar-refractivity contribution < 1.29 is 14.4 Å². The minimum Gasteiger partial charge on any atom is -0.277 e. The molecule has 1 heterocycles. The summed E-state index contributed by atoms with van der Waals surface area (Å²) in [4.78, 5) is 37.6. The van der Waals surface area contributed by atoms with Crippen molar-refractivity contribution in [3.8, 4) is 0 Å². The Labute approximate surface area is 116 Å². The van der Waals surface area contributed by atoms with Gasteiger partial charge in [-0.25, -0.2) is 4.79 Å². The van der Waals surface area contributed by atoms with Crippen LogP contribution in [0.15, 0.2) is 0 Å². The van der Waals surface area contributed by atoms with Crippen molar-refractivity contribution in [3.63, 3.8) is 0 Å². The van der Waals surface area contributed by atoms with Crippen molar-refractivity contribution in [2.75, 3.05) is 12.8 Å². The van der Waals surface area contributed by atoms with E-state index in [0.29, 0.717) is 19.4 Å². The Kier molecular flexibility index (Phi) is 2.89. The number of imide groups is 2. The lowest BCUT2D eigenvalue weighted by Crippen LogP contribution is -2.68. The van der Waals surface area contributed by atoms with Crippen molar-refractivity contribution in [1.82, 2.24) is 10.2 Å². The molecule has 5 nitrogen and oxygen atoms in total. The first-order valence-electron chi connectivity index (χ1n) is 6.76. The summed E-state index contributed by atoms with van der Waals surface area (Å²) in [5, 5.41) is 2.37. The molecular weight excluding hydrogens is 264 g/mol. The van der Waals surface area contributed by atoms with Crippen LogP contribution in [0.5, 0.6) is 0 Å². The molecule has 4 amide bonds. The lowest BCUT2D eigenvalue weighted by Gasteiger charge is -2.49. The standard InChI is InChI=1S/C13H18N2O3S/c1-19-12(4-2-5-12)8-15-10(17)13(6-3-7-13)9(16)14-11(15)18/h2-8H2,1H3,(H,14,16,18). The van der Waals surface area contributed by atoms with Gasteiger partial charge in [-0.2, -0.15) is 11.8 Å². The highest BCUT2D eigenvalue weighted by Gasteiger charge is 2.58. The summed E-state index contributed by atoms with van der Waals surface area (Å²) in [5.74, 6) is -0.662. The van der Waals surface area contributed by atoms with Gasteiger partial charge in [0.25, 0.3) is 0 Å². The van der Waals surface area contributed by atoms with Crippen molar-refractivity contribution >= 4 is 29.6 Å². The monoisotopic (exact) mass is 282 g/mol. The largest absolute Gasteiger partial charge is 0.330 e. The molecule has 0 unspecified atom stereocenters. The third-order valence-electron chi connectivity index (χ3n) is 4.91. The second kappa shape index (κ2) is 4.23. The fraction of sp³-hybridized carbons (Fsp3) is 0.769. The summed E-state index contributed by atoms with van der Waals surface area (Å²) in [6, 6.07) is -0.534. The van der Waals surface area contributed by atoms with Crippen LogP contribution in [0.4, 0.5) is 4.79 Å². The second-order valence-corrected chi connectivity index (χ2v) is 7.10. The number of nitrogens with zero attached hydrogens (tertiary/aromatic N) is 1. The van der Waals surface area contributed by atoms with E-state index in [-0.39, 0.29) is 10.7 Å². The average molecular weight is 282 g/mol. The summed E-state index contributed by atoms with van der Waals surface area (Å²) in [5.41, 5.74) is -0.933. The predicted molar refractivity (Wildman–Crippen MR) is 71.6 cm³/mol. The van der Waals surface area contributed by atoms with Crippen molar-refractivity contribution in [1.29, 1.82) is 0 Å². The molecule has 2 saturated carbocycles. The van der Waals surface area contributed by atoms with Gasteiger partial charge < -0.3 is 0 Å². The van der Waals surface area contributed by atoms with Gasteiger partial charge in [0.05, 0.1) is 0 Å². The topological polar surface area (TPSA) is 66.5 Å². The van der Waals surface area contributed by atoms with Gasteiger partial charge in [0.15, 0.2) is 0 Å². The molecule has 104 valence electrons. The number of thioether (sulfide) groups is 1. The van der Waals surface area contributed by atoms with Crippen LogP contribution in [-0.4, -0.2) is 40.3 Å². The van der Waals surface area contributed by atoms with Gasteiger partial charge in [0.2, 0.25) is 11.8 Å². The van der Waals surface area contributed by atoms with Crippen LogP contribution in [0.1, 0.15) is 38.5 Å². The summed E-state index contributed by atoms with van der Waals surface area (Å²) in [7, 11) is 0. The molecule has 0 aromatic rings. The zero-order chi connectivity index (χ0) is 13.7. The number of hydrogen-bond donors (Lipinski definition) is 1. The lowest BCUT2D eigenvalue weighted by atomic mass is 9.66. The van der Waals surface area contributed by atoms with Crippen molar-refractivity contribution in [3.05, 3.63) is 0 Å². The maximum Gasteiger partial charge on any atom is 0.330 e. The third kappa shape index (κ3) is 1.72. The van der Waals surface area contributed by atoms with E-state index < -0.39 is 17.4 Å². The van der Waals surface area contributed by atoms with E-state index in [1.54, 1.807) is 11.8 Å². The molecule has 3 rings (SSSR count). The Hall–Kier alpha value is -1.04.